The Balaban J connectivity index is 1.54. The molecule has 1 saturated heterocycles. The van der Waals surface area contributed by atoms with Crippen LogP contribution in [0.4, 0.5) is 5.69 Å². The number of amides is 1. The lowest BCUT2D eigenvalue weighted by atomic mass is 10.1. The second-order valence-electron chi connectivity index (χ2n) is 8.34. The SMILES string of the molecule is CCOC(=O)c1cccc(N=C2SC(=Cc3ccc(OCc4ccccc4C#N)c(OCC)c3)C(=O)N2C)c1. The average molecular weight is 542 g/mol. The molecule has 1 fully saturated rings. The molecule has 8 nitrogen and oxygen atoms in total. The van der Waals surface area contributed by atoms with Gasteiger partial charge in [0.15, 0.2) is 16.7 Å². The van der Waals surface area contributed by atoms with Gasteiger partial charge >= 0.3 is 5.97 Å². The summed E-state index contributed by atoms with van der Waals surface area (Å²) in [6.07, 6.45) is 1.78. The minimum atomic E-state index is -0.421. The lowest BCUT2D eigenvalue weighted by Crippen LogP contribution is -2.23. The smallest absolute Gasteiger partial charge is 0.338 e. The highest BCUT2D eigenvalue weighted by Gasteiger charge is 2.30. The molecule has 0 saturated carbocycles. The fourth-order valence-electron chi connectivity index (χ4n) is 3.74. The highest BCUT2D eigenvalue weighted by Crippen LogP contribution is 2.35. The number of nitriles is 1. The van der Waals surface area contributed by atoms with E-state index in [2.05, 4.69) is 11.1 Å². The van der Waals surface area contributed by atoms with E-state index in [1.807, 2.05) is 37.3 Å². The molecule has 0 atom stereocenters. The number of aliphatic imine (C=N–C) groups is 1. The molecule has 0 radical (unpaired) electrons. The number of carbonyl (C=O) groups is 2. The highest BCUT2D eigenvalue weighted by atomic mass is 32.2. The van der Waals surface area contributed by atoms with Crippen molar-refractivity contribution in [3.8, 4) is 17.6 Å². The van der Waals surface area contributed by atoms with Crippen LogP contribution in [-0.2, 0) is 16.1 Å². The number of amidine groups is 1. The maximum absolute atomic E-state index is 13.0. The van der Waals surface area contributed by atoms with Crippen molar-refractivity contribution in [1.29, 1.82) is 5.26 Å². The predicted molar refractivity (Wildman–Crippen MR) is 151 cm³/mol. The Morgan fingerprint density at radius 3 is 2.62 bits per heavy atom. The molecule has 1 aliphatic rings. The Bertz CT molecular complexity index is 1490. The zero-order chi connectivity index (χ0) is 27.8. The van der Waals surface area contributed by atoms with E-state index in [1.54, 1.807) is 56.4 Å². The van der Waals surface area contributed by atoms with Gasteiger partial charge in [0, 0.05) is 12.6 Å². The van der Waals surface area contributed by atoms with Crippen LogP contribution in [0.25, 0.3) is 6.08 Å². The van der Waals surface area contributed by atoms with Gasteiger partial charge in [0.1, 0.15) is 6.61 Å². The van der Waals surface area contributed by atoms with Crippen molar-refractivity contribution >= 4 is 40.6 Å². The van der Waals surface area contributed by atoms with Gasteiger partial charge in [-0.15, -0.1) is 0 Å². The number of hydrogen-bond donors (Lipinski definition) is 0. The summed E-state index contributed by atoms with van der Waals surface area (Å²) in [6.45, 7) is 4.57. The van der Waals surface area contributed by atoms with Crippen LogP contribution in [0.3, 0.4) is 0 Å². The third kappa shape index (κ3) is 6.67. The van der Waals surface area contributed by atoms with Gasteiger partial charge in [0.05, 0.1) is 41.0 Å². The van der Waals surface area contributed by atoms with Crippen LogP contribution in [0.15, 0.2) is 76.6 Å². The maximum Gasteiger partial charge on any atom is 0.338 e. The summed E-state index contributed by atoms with van der Waals surface area (Å²) in [5.41, 5.74) is 3.04. The van der Waals surface area contributed by atoms with E-state index in [1.165, 1.54) is 16.7 Å². The Morgan fingerprint density at radius 1 is 1.03 bits per heavy atom. The molecule has 3 aromatic rings. The summed E-state index contributed by atoms with van der Waals surface area (Å²) in [5, 5.41) is 9.82. The Kier molecular flexibility index (Phi) is 9.02. The third-order valence-corrected chi connectivity index (χ3v) is 6.73. The van der Waals surface area contributed by atoms with E-state index < -0.39 is 5.97 Å². The highest BCUT2D eigenvalue weighted by molar-refractivity contribution is 8.18. The first kappa shape index (κ1) is 27.5. The molecule has 9 heteroatoms. The summed E-state index contributed by atoms with van der Waals surface area (Å²) in [5.74, 6) is 0.467. The van der Waals surface area contributed by atoms with Crippen LogP contribution in [0, 0.1) is 11.3 Å². The second-order valence-corrected chi connectivity index (χ2v) is 9.35. The molecule has 198 valence electrons. The van der Waals surface area contributed by atoms with E-state index in [0.29, 0.717) is 45.0 Å². The fraction of sp³-hybridized carbons (Fsp3) is 0.200. The van der Waals surface area contributed by atoms with Crippen molar-refractivity contribution in [2.75, 3.05) is 20.3 Å². The summed E-state index contributed by atoms with van der Waals surface area (Å²) >= 11 is 1.24. The van der Waals surface area contributed by atoms with E-state index in [9.17, 15) is 14.9 Å². The standard InChI is InChI=1S/C30H27N3O5S/c1-4-36-26-15-20(13-14-25(26)38-19-23-10-7-6-9-22(23)18-31)16-27-28(34)33(3)30(39-27)32-24-12-8-11-21(17-24)29(35)37-5-2/h6-17H,4-5,19H2,1-3H3. The average Bonchev–Trinajstić information content (AvgIpc) is 3.20. The van der Waals surface area contributed by atoms with Crippen molar-refractivity contribution in [3.05, 3.63) is 93.9 Å². The fourth-order valence-corrected chi connectivity index (χ4v) is 4.73. The number of likely N-dealkylation sites (N-methyl/N-ethyl adjacent to an activating group) is 1. The summed E-state index contributed by atoms with van der Waals surface area (Å²) in [7, 11) is 1.66. The van der Waals surface area contributed by atoms with Gasteiger partial charge in [-0.1, -0.05) is 30.3 Å². The van der Waals surface area contributed by atoms with Crippen LogP contribution in [0.5, 0.6) is 11.5 Å². The van der Waals surface area contributed by atoms with Crippen molar-refractivity contribution in [1.82, 2.24) is 4.90 Å². The lowest BCUT2D eigenvalue weighted by Gasteiger charge is -2.13. The number of nitrogens with zero attached hydrogens (tertiary/aromatic N) is 3. The molecule has 0 unspecified atom stereocenters. The molecular weight excluding hydrogens is 514 g/mol. The lowest BCUT2D eigenvalue weighted by molar-refractivity contribution is -0.121. The van der Waals surface area contributed by atoms with E-state index in [-0.39, 0.29) is 19.1 Å². The quantitative estimate of drug-likeness (QED) is 0.244. The predicted octanol–water partition coefficient (Wildman–Crippen LogP) is 5.95. The first-order valence-electron chi connectivity index (χ1n) is 12.3. The van der Waals surface area contributed by atoms with Crippen LogP contribution in [0.2, 0.25) is 0 Å². The van der Waals surface area contributed by atoms with Gasteiger partial charge in [-0.2, -0.15) is 5.26 Å². The second kappa shape index (κ2) is 12.8. The van der Waals surface area contributed by atoms with E-state index in [4.69, 9.17) is 14.2 Å². The van der Waals surface area contributed by atoms with Crippen molar-refractivity contribution in [2.24, 2.45) is 4.99 Å². The largest absolute Gasteiger partial charge is 0.490 e. The molecule has 0 bridgehead atoms. The van der Waals surface area contributed by atoms with Crippen LogP contribution in [-0.4, -0.2) is 42.2 Å². The van der Waals surface area contributed by atoms with E-state index >= 15 is 0 Å². The van der Waals surface area contributed by atoms with Gasteiger partial charge in [0.25, 0.3) is 5.91 Å². The molecule has 3 aromatic carbocycles. The molecule has 1 heterocycles. The van der Waals surface area contributed by atoms with Crippen molar-refractivity contribution < 1.29 is 23.8 Å². The zero-order valence-corrected chi connectivity index (χ0v) is 22.7. The zero-order valence-electron chi connectivity index (χ0n) is 21.8. The minimum absolute atomic E-state index is 0.188. The molecule has 39 heavy (non-hydrogen) atoms. The van der Waals surface area contributed by atoms with Crippen molar-refractivity contribution in [2.45, 2.75) is 20.5 Å². The summed E-state index contributed by atoms with van der Waals surface area (Å²) in [4.78, 5) is 31.6. The number of esters is 1. The number of hydrogen-bond acceptors (Lipinski definition) is 8. The number of ether oxygens (including phenoxy) is 3. The molecule has 0 N–H and O–H groups in total. The van der Waals surface area contributed by atoms with Crippen LogP contribution >= 0.6 is 11.8 Å². The van der Waals surface area contributed by atoms with Gasteiger partial charge < -0.3 is 14.2 Å². The molecule has 0 aromatic heterocycles. The molecule has 1 amide bonds. The van der Waals surface area contributed by atoms with Gasteiger partial charge in [-0.05, 0) is 73.6 Å². The summed E-state index contributed by atoms with van der Waals surface area (Å²) < 4.78 is 16.8. The monoisotopic (exact) mass is 541 g/mol. The Hall–Kier alpha value is -4.55. The first-order valence-corrected chi connectivity index (χ1v) is 13.2. The molecule has 0 spiro atoms. The molecule has 0 aliphatic carbocycles. The normalized spacial score (nSPS) is 14.9. The number of carbonyl (C=O) groups excluding carboxylic acids is 2. The topological polar surface area (TPSA) is 101 Å². The Labute approximate surface area is 231 Å². The Morgan fingerprint density at radius 2 is 1.85 bits per heavy atom. The maximum atomic E-state index is 13.0. The minimum Gasteiger partial charge on any atom is -0.490 e. The summed E-state index contributed by atoms with van der Waals surface area (Å²) in [6, 6.07) is 21.7. The van der Waals surface area contributed by atoms with Gasteiger partial charge in [-0.3, -0.25) is 9.69 Å². The third-order valence-electron chi connectivity index (χ3n) is 5.67. The number of rotatable bonds is 9. The molecule has 1 aliphatic heterocycles. The van der Waals surface area contributed by atoms with Crippen molar-refractivity contribution in [3.63, 3.8) is 0 Å². The number of benzene rings is 3. The molecular formula is C30H27N3O5S. The van der Waals surface area contributed by atoms with Crippen LogP contribution in [0.1, 0.15) is 40.9 Å². The van der Waals surface area contributed by atoms with E-state index in [0.717, 1.165) is 11.1 Å². The van der Waals surface area contributed by atoms with Gasteiger partial charge in [-0.25, -0.2) is 9.79 Å². The molecule has 4 rings (SSSR count). The number of thioether (sulfide) groups is 1. The van der Waals surface area contributed by atoms with Gasteiger partial charge in [0.2, 0.25) is 0 Å². The first-order chi connectivity index (χ1) is 18.9. The van der Waals surface area contributed by atoms with Crippen LogP contribution < -0.4 is 9.47 Å².